The van der Waals surface area contributed by atoms with E-state index in [0.29, 0.717) is 11.8 Å². The maximum Gasteiger partial charge on any atom is 0.270 e. The molecule has 0 spiro atoms. The molecule has 0 aromatic heterocycles. The van der Waals surface area contributed by atoms with Gasteiger partial charge in [0, 0.05) is 18.5 Å². The molecule has 1 atom stereocenters. The summed E-state index contributed by atoms with van der Waals surface area (Å²) in [4.78, 5) is 30.0. The van der Waals surface area contributed by atoms with Crippen molar-refractivity contribution in [1.82, 2.24) is 10.6 Å². The van der Waals surface area contributed by atoms with E-state index >= 15 is 0 Å². The molecule has 2 aliphatic rings. The second kappa shape index (κ2) is 9.34. The van der Waals surface area contributed by atoms with Crippen molar-refractivity contribution in [3.8, 4) is 0 Å². The Bertz CT molecular complexity index is 647. The van der Waals surface area contributed by atoms with Gasteiger partial charge in [-0.3, -0.25) is 14.6 Å². The van der Waals surface area contributed by atoms with Crippen molar-refractivity contribution in [3.05, 3.63) is 24.2 Å². The number of hydrogen-bond acceptors (Lipinski definition) is 6. The third kappa shape index (κ3) is 5.94. The van der Waals surface area contributed by atoms with E-state index in [1.165, 1.54) is 12.3 Å². The number of nitrogens with zero attached hydrogens (tertiary/aromatic N) is 1. The molecule has 8 heteroatoms. The number of rotatable bonds is 10. The van der Waals surface area contributed by atoms with Gasteiger partial charge in [0.25, 0.3) is 5.91 Å². The van der Waals surface area contributed by atoms with Gasteiger partial charge in [0.15, 0.2) is 0 Å². The van der Waals surface area contributed by atoms with E-state index in [-0.39, 0.29) is 29.3 Å². The van der Waals surface area contributed by atoms with Crippen molar-refractivity contribution < 1.29 is 9.59 Å². The zero-order valence-corrected chi connectivity index (χ0v) is 15.9. The minimum absolute atomic E-state index is 0.0819. The topological polar surface area (TPSA) is 146 Å². The minimum Gasteiger partial charge on any atom is -0.405 e. The first-order valence-corrected chi connectivity index (χ1v) is 9.41. The Kier molecular flexibility index (Phi) is 7.15. The quantitative estimate of drug-likeness (QED) is 0.360. The molecule has 0 aromatic rings. The van der Waals surface area contributed by atoms with E-state index in [4.69, 9.17) is 16.9 Å². The molecule has 7 N–H and O–H groups in total. The van der Waals surface area contributed by atoms with Crippen LogP contribution in [-0.4, -0.2) is 35.8 Å². The second-order valence-electron chi connectivity index (χ2n) is 7.43. The van der Waals surface area contributed by atoms with E-state index in [2.05, 4.69) is 15.6 Å². The normalized spacial score (nSPS) is 19.4. The van der Waals surface area contributed by atoms with Crippen molar-refractivity contribution >= 4 is 23.7 Å². The number of nitrogens with two attached hydrogens (primary N) is 2. The van der Waals surface area contributed by atoms with Crippen LogP contribution in [-0.2, 0) is 9.59 Å². The molecule has 2 amide bonds. The van der Waals surface area contributed by atoms with Crippen molar-refractivity contribution in [2.45, 2.75) is 51.6 Å². The second-order valence-corrected chi connectivity index (χ2v) is 7.43. The smallest absolute Gasteiger partial charge is 0.270 e. The summed E-state index contributed by atoms with van der Waals surface area (Å²) < 4.78 is 0. The molecule has 27 heavy (non-hydrogen) atoms. The molecule has 0 aliphatic heterocycles. The SMILES string of the molecule is CC(C)N=C(/C=C\N)C(=O)NC(C(=O)N/C(C=N)=C/N)C(C1CC1)C1CC1. The van der Waals surface area contributed by atoms with E-state index in [1.807, 2.05) is 13.8 Å². The Balaban J connectivity index is 2.24. The van der Waals surface area contributed by atoms with Crippen LogP contribution in [0.15, 0.2) is 29.2 Å². The molecule has 0 bridgehead atoms. The van der Waals surface area contributed by atoms with Crippen molar-refractivity contribution in [2.75, 3.05) is 0 Å². The summed E-state index contributed by atoms with van der Waals surface area (Å²) in [5.74, 6) is 0.183. The molecule has 148 valence electrons. The Labute approximate surface area is 160 Å². The highest BCUT2D eigenvalue weighted by Gasteiger charge is 2.48. The lowest BCUT2D eigenvalue weighted by Crippen LogP contribution is -2.53. The first kappa shape index (κ1) is 20.7. The average molecular weight is 374 g/mol. The highest BCUT2D eigenvalue weighted by molar-refractivity contribution is 6.43. The fourth-order valence-corrected chi connectivity index (χ4v) is 3.34. The highest BCUT2D eigenvalue weighted by atomic mass is 16.2. The van der Waals surface area contributed by atoms with E-state index < -0.39 is 11.9 Å². The third-order valence-electron chi connectivity index (χ3n) is 4.77. The van der Waals surface area contributed by atoms with Gasteiger partial charge >= 0.3 is 0 Å². The van der Waals surface area contributed by atoms with Crippen LogP contribution in [0.5, 0.6) is 0 Å². The van der Waals surface area contributed by atoms with Gasteiger partial charge in [0.2, 0.25) is 5.91 Å². The van der Waals surface area contributed by atoms with Gasteiger partial charge < -0.3 is 27.5 Å². The molecule has 0 aromatic carbocycles. The molecule has 0 saturated heterocycles. The number of carbonyl (C=O) groups excluding carboxylic acids is 2. The van der Waals surface area contributed by atoms with Crippen LogP contribution in [0.2, 0.25) is 0 Å². The summed E-state index contributed by atoms with van der Waals surface area (Å²) in [6.45, 7) is 3.73. The lowest BCUT2D eigenvalue weighted by atomic mass is 9.88. The molecule has 1 unspecified atom stereocenters. The Morgan fingerprint density at radius 1 is 1.15 bits per heavy atom. The van der Waals surface area contributed by atoms with Gasteiger partial charge in [-0.05, 0) is 69.6 Å². The highest BCUT2D eigenvalue weighted by Crippen LogP contribution is 2.50. The summed E-state index contributed by atoms with van der Waals surface area (Å²) in [6, 6.07) is -0.780. The van der Waals surface area contributed by atoms with Crippen LogP contribution in [0.1, 0.15) is 39.5 Å². The number of nitrogens with one attached hydrogen (secondary N) is 3. The summed E-state index contributed by atoms with van der Waals surface area (Å²) >= 11 is 0. The molecular weight excluding hydrogens is 344 g/mol. The summed E-state index contributed by atoms with van der Waals surface area (Å²) in [5, 5.41) is 12.8. The Hall–Kier alpha value is -2.64. The van der Waals surface area contributed by atoms with Crippen molar-refractivity contribution in [2.24, 2.45) is 34.2 Å². The molecule has 2 saturated carbocycles. The monoisotopic (exact) mass is 374 g/mol. The minimum atomic E-state index is -0.698. The van der Waals surface area contributed by atoms with Crippen LogP contribution < -0.4 is 22.1 Å². The first-order chi connectivity index (χ1) is 12.9. The van der Waals surface area contributed by atoms with Crippen LogP contribution in [0, 0.1) is 23.2 Å². The molecule has 0 radical (unpaired) electrons. The maximum atomic E-state index is 12.9. The van der Waals surface area contributed by atoms with E-state index in [9.17, 15) is 9.59 Å². The van der Waals surface area contributed by atoms with Crippen LogP contribution in [0.4, 0.5) is 0 Å². The zero-order chi connectivity index (χ0) is 20.0. The fourth-order valence-electron chi connectivity index (χ4n) is 3.34. The molecular formula is C19H30N6O2. The average Bonchev–Trinajstić information content (AvgIpc) is 3.52. The molecule has 0 heterocycles. The van der Waals surface area contributed by atoms with E-state index in [0.717, 1.165) is 38.1 Å². The van der Waals surface area contributed by atoms with Gasteiger partial charge in [0.05, 0.1) is 5.70 Å². The van der Waals surface area contributed by atoms with E-state index in [1.54, 1.807) is 0 Å². The molecule has 2 rings (SSSR count). The number of carbonyl (C=O) groups is 2. The largest absolute Gasteiger partial charge is 0.405 e. The molecule has 2 fully saturated rings. The first-order valence-electron chi connectivity index (χ1n) is 9.41. The zero-order valence-electron chi connectivity index (χ0n) is 15.9. The van der Waals surface area contributed by atoms with Crippen LogP contribution in [0.3, 0.4) is 0 Å². The fraction of sp³-hybridized carbons (Fsp3) is 0.579. The summed E-state index contributed by atoms with van der Waals surface area (Å²) in [5.41, 5.74) is 11.3. The van der Waals surface area contributed by atoms with Crippen LogP contribution in [0.25, 0.3) is 0 Å². The number of hydrogen-bond donors (Lipinski definition) is 5. The molecule has 8 nitrogen and oxygen atoms in total. The van der Waals surface area contributed by atoms with Crippen molar-refractivity contribution in [1.29, 1.82) is 5.41 Å². The lowest BCUT2D eigenvalue weighted by Gasteiger charge is -2.27. The molecule has 2 aliphatic carbocycles. The standard InChI is InChI=1S/C19H30N6O2/c1-11(2)23-15(7-8-20)18(26)25-17(19(27)24-14(9-21)10-22)16(12-3-4-12)13-5-6-13/h7-13,16-17,21H,3-6,20,22H2,1-2H3,(H,24,27)(H,25,26)/b8-7-,14-10+,21-9?,23-15?. The van der Waals surface area contributed by atoms with Gasteiger partial charge in [0.1, 0.15) is 11.8 Å². The number of amides is 2. The number of aliphatic imine (C=N–C) groups is 1. The Morgan fingerprint density at radius 3 is 2.15 bits per heavy atom. The predicted molar refractivity (Wildman–Crippen MR) is 106 cm³/mol. The van der Waals surface area contributed by atoms with Gasteiger partial charge in [-0.2, -0.15) is 0 Å². The lowest BCUT2D eigenvalue weighted by molar-refractivity contribution is -0.127. The predicted octanol–water partition coefficient (Wildman–Crippen LogP) is 0.795. The third-order valence-corrected chi connectivity index (χ3v) is 4.77. The van der Waals surface area contributed by atoms with Gasteiger partial charge in [-0.25, -0.2) is 0 Å². The maximum absolute atomic E-state index is 12.9. The Morgan fingerprint density at radius 2 is 1.74 bits per heavy atom. The summed E-state index contributed by atoms with van der Waals surface area (Å²) in [6.07, 6.45) is 9.12. The number of allylic oxidation sites excluding steroid dienone is 1. The van der Waals surface area contributed by atoms with Gasteiger partial charge in [-0.1, -0.05) is 0 Å². The van der Waals surface area contributed by atoms with Crippen molar-refractivity contribution in [3.63, 3.8) is 0 Å². The van der Waals surface area contributed by atoms with Crippen LogP contribution >= 0.6 is 0 Å². The van der Waals surface area contributed by atoms with Gasteiger partial charge in [-0.15, -0.1) is 0 Å². The summed E-state index contributed by atoms with van der Waals surface area (Å²) in [7, 11) is 0.